The third kappa shape index (κ3) is 7.56. The molecule has 0 atom stereocenters. The Hall–Kier alpha value is -3.45. The zero-order chi connectivity index (χ0) is 24.9. The fourth-order valence-electron chi connectivity index (χ4n) is 3.30. The van der Waals surface area contributed by atoms with Gasteiger partial charge in [0.25, 0.3) is 5.91 Å². The fraction of sp³-hybridized carbons (Fsp3) is 0.269. The number of benzene rings is 2. The van der Waals surface area contributed by atoms with Gasteiger partial charge in [-0.1, -0.05) is 11.6 Å². The summed E-state index contributed by atoms with van der Waals surface area (Å²) in [5.41, 5.74) is 3.57. The number of hydrogen-bond donors (Lipinski definition) is 2. The van der Waals surface area contributed by atoms with E-state index >= 15 is 0 Å². The summed E-state index contributed by atoms with van der Waals surface area (Å²) in [6.45, 7) is 7.52. The number of carbonyl (C=O) groups excluding carboxylic acids is 2. The van der Waals surface area contributed by atoms with E-state index in [1.54, 1.807) is 45.2 Å². The number of halogens is 2. The Labute approximate surface area is 203 Å². The molecule has 178 valence electrons. The molecular formula is C26H27ClFN3O3. The van der Waals surface area contributed by atoms with Crippen LogP contribution in [0.15, 0.2) is 54.7 Å². The Kier molecular flexibility index (Phi) is 7.89. The SMILES string of the molecule is Cc1cc(-c2cc(CNC(=O)OC(C)(C)C)cc(C(=O)NCc3cc(F)cc(Cl)c3)c2)ccn1. The number of aromatic nitrogens is 1. The molecule has 0 aliphatic heterocycles. The molecule has 0 fully saturated rings. The van der Waals surface area contributed by atoms with E-state index in [2.05, 4.69) is 15.6 Å². The van der Waals surface area contributed by atoms with Crippen LogP contribution in [0.4, 0.5) is 9.18 Å². The summed E-state index contributed by atoms with van der Waals surface area (Å²) in [5.74, 6) is -0.811. The quantitative estimate of drug-likeness (QED) is 0.464. The molecule has 2 aromatic carbocycles. The standard InChI is InChI=1S/C26H27ClFN3O3/c1-16-7-19(5-6-29-16)20-8-17(15-31-25(33)34-26(2,3)4)9-21(12-20)24(32)30-14-18-10-22(27)13-23(28)11-18/h5-13H,14-15H2,1-4H3,(H,30,32)(H,31,33). The molecule has 0 aliphatic rings. The lowest BCUT2D eigenvalue weighted by molar-refractivity contribution is 0.0523. The molecule has 0 bridgehead atoms. The van der Waals surface area contributed by atoms with Gasteiger partial charge in [0.2, 0.25) is 0 Å². The first-order valence-electron chi connectivity index (χ1n) is 10.8. The number of nitrogens with one attached hydrogen (secondary N) is 2. The largest absolute Gasteiger partial charge is 0.444 e. The van der Waals surface area contributed by atoms with E-state index in [1.165, 1.54) is 12.1 Å². The Balaban J connectivity index is 1.84. The molecule has 2 N–H and O–H groups in total. The van der Waals surface area contributed by atoms with Gasteiger partial charge in [-0.3, -0.25) is 9.78 Å². The topological polar surface area (TPSA) is 80.3 Å². The predicted octanol–water partition coefficient (Wildman–Crippen LogP) is 5.80. The summed E-state index contributed by atoms with van der Waals surface area (Å²) in [6.07, 6.45) is 1.15. The van der Waals surface area contributed by atoms with Gasteiger partial charge >= 0.3 is 6.09 Å². The minimum absolute atomic E-state index is 0.112. The zero-order valence-electron chi connectivity index (χ0n) is 19.5. The van der Waals surface area contributed by atoms with Gasteiger partial charge in [0.15, 0.2) is 0 Å². The molecule has 0 radical (unpaired) electrons. The van der Waals surface area contributed by atoms with Gasteiger partial charge in [-0.25, -0.2) is 9.18 Å². The molecular weight excluding hydrogens is 457 g/mol. The van der Waals surface area contributed by atoms with Crippen LogP contribution in [0.25, 0.3) is 11.1 Å². The lowest BCUT2D eigenvalue weighted by Gasteiger charge is -2.20. The van der Waals surface area contributed by atoms with E-state index in [4.69, 9.17) is 16.3 Å². The molecule has 0 aliphatic carbocycles. The summed E-state index contributed by atoms with van der Waals surface area (Å²) in [6, 6.07) is 13.2. The van der Waals surface area contributed by atoms with Crippen LogP contribution in [-0.4, -0.2) is 22.6 Å². The van der Waals surface area contributed by atoms with Crippen molar-refractivity contribution in [2.75, 3.05) is 0 Å². The lowest BCUT2D eigenvalue weighted by atomic mass is 9.99. The first kappa shape index (κ1) is 25.2. The first-order chi connectivity index (χ1) is 16.0. The third-order valence-corrected chi connectivity index (χ3v) is 4.91. The van der Waals surface area contributed by atoms with Crippen LogP contribution in [0.3, 0.4) is 0 Å². The number of rotatable bonds is 6. The number of nitrogens with zero attached hydrogens (tertiary/aromatic N) is 1. The molecule has 1 heterocycles. The number of carbonyl (C=O) groups is 2. The second kappa shape index (κ2) is 10.7. The van der Waals surface area contributed by atoms with Crippen molar-refractivity contribution in [3.05, 3.63) is 88.0 Å². The van der Waals surface area contributed by atoms with Crippen molar-refractivity contribution in [2.24, 2.45) is 0 Å². The minimum Gasteiger partial charge on any atom is -0.444 e. The highest BCUT2D eigenvalue weighted by Gasteiger charge is 2.16. The Bertz CT molecular complexity index is 1190. The van der Waals surface area contributed by atoms with E-state index in [0.29, 0.717) is 11.1 Å². The molecule has 0 unspecified atom stereocenters. The van der Waals surface area contributed by atoms with Gasteiger partial charge in [0.1, 0.15) is 11.4 Å². The fourth-order valence-corrected chi connectivity index (χ4v) is 3.55. The molecule has 6 nitrogen and oxygen atoms in total. The van der Waals surface area contributed by atoms with Crippen molar-refractivity contribution >= 4 is 23.6 Å². The van der Waals surface area contributed by atoms with Crippen molar-refractivity contribution < 1.29 is 18.7 Å². The van der Waals surface area contributed by atoms with Crippen LogP contribution >= 0.6 is 11.6 Å². The van der Waals surface area contributed by atoms with Gasteiger partial charge in [0, 0.05) is 35.6 Å². The highest BCUT2D eigenvalue weighted by molar-refractivity contribution is 6.30. The summed E-state index contributed by atoms with van der Waals surface area (Å²) in [5, 5.41) is 5.77. The second-order valence-electron chi connectivity index (χ2n) is 8.92. The zero-order valence-corrected chi connectivity index (χ0v) is 20.3. The van der Waals surface area contributed by atoms with Crippen LogP contribution in [-0.2, 0) is 17.8 Å². The van der Waals surface area contributed by atoms with Crippen molar-refractivity contribution in [2.45, 2.75) is 46.4 Å². The van der Waals surface area contributed by atoms with Crippen LogP contribution in [0.2, 0.25) is 5.02 Å². The maximum Gasteiger partial charge on any atom is 0.407 e. The minimum atomic E-state index is -0.620. The van der Waals surface area contributed by atoms with Crippen molar-refractivity contribution in [1.29, 1.82) is 0 Å². The molecule has 0 saturated carbocycles. The smallest absolute Gasteiger partial charge is 0.407 e. The number of ether oxygens (including phenoxy) is 1. The number of pyridine rings is 1. The summed E-state index contributed by atoms with van der Waals surface area (Å²) >= 11 is 5.90. The molecule has 0 saturated heterocycles. The van der Waals surface area contributed by atoms with E-state index in [9.17, 15) is 14.0 Å². The molecule has 1 aromatic heterocycles. The summed E-state index contributed by atoms with van der Waals surface area (Å²) in [4.78, 5) is 29.3. The van der Waals surface area contributed by atoms with Crippen LogP contribution in [0.5, 0.6) is 0 Å². The normalized spacial score (nSPS) is 11.1. The average molecular weight is 484 g/mol. The van der Waals surface area contributed by atoms with Crippen LogP contribution < -0.4 is 10.6 Å². The van der Waals surface area contributed by atoms with Crippen molar-refractivity contribution in [3.8, 4) is 11.1 Å². The van der Waals surface area contributed by atoms with E-state index in [0.717, 1.165) is 22.4 Å². The number of hydrogen-bond acceptors (Lipinski definition) is 4. The van der Waals surface area contributed by atoms with Gasteiger partial charge in [-0.05, 0) is 98.5 Å². The summed E-state index contributed by atoms with van der Waals surface area (Å²) in [7, 11) is 0. The van der Waals surface area contributed by atoms with Crippen molar-refractivity contribution in [1.82, 2.24) is 15.6 Å². The highest BCUT2D eigenvalue weighted by Crippen LogP contribution is 2.23. The number of alkyl carbamates (subject to hydrolysis) is 1. The average Bonchev–Trinajstić information content (AvgIpc) is 2.74. The molecule has 3 rings (SSSR count). The Morgan fingerprint density at radius 2 is 1.68 bits per heavy atom. The maximum absolute atomic E-state index is 13.6. The van der Waals surface area contributed by atoms with Gasteiger partial charge in [-0.2, -0.15) is 0 Å². The molecule has 34 heavy (non-hydrogen) atoms. The van der Waals surface area contributed by atoms with Crippen LogP contribution in [0, 0.1) is 12.7 Å². The third-order valence-electron chi connectivity index (χ3n) is 4.70. The lowest BCUT2D eigenvalue weighted by Crippen LogP contribution is -2.32. The second-order valence-corrected chi connectivity index (χ2v) is 9.36. The molecule has 8 heteroatoms. The van der Waals surface area contributed by atoms with E-state index < -0.39 is 17.5 Å². The van der Waals surface area contributed by atoms with E-state index in [-0.39, 0.29) is 24.0 Å². The molecule has 3 aromatic rings. The first-order valence-corrected chi connectivity index (χ1v) is 11.1. The molecule has 2 amide bonds. The van der Waals surface area contributed by atoms with Gasteiger partial charge in [-0.15, -0.1) is 0 Å². The highest BCUT2D eigenvalue weighted by atomic mass is 35.5. The number of aryl methyl sites for hydroxylation is 1. The van der Waals surface area contributed by atoms with Gasteiger partial charge in [0.05, 0.1) is 0 Å². The monoisotopic (exact) mass is 483 g/mol. The number of amides is 2. The van der Waals surface area contributed by atoms with Crippen molar-refractivity contribution in [3.63, 3.8) is 0 Å². The Morgan fingerprint density at radius 1 is 0.971 bits per heavy atom. The summed E-state index contributed by atoms with van der Waals surface area (Å²) < 4.78 is 18.9. The molecule has 0 spiro atoms. The van der Waals surface area contributed by atoms with Crippen LogP contribution in [0.1, 0.15) is 48.0 Å². The van der Waals surface area contributed by atoms with Gasteiger partial charge < -0.3 is 15.4 Å². The maximum atomic E-state index is 13.6. The predicted molar refractivity (Wildman–Crippen MR) is 130 cm³/mol. The van der Waals surface area contributed by atoms with E-state index in [1.807, 2.05) is 25.1 Å². The Morgan fingerprint density at radius 3 is 2.35 bits per heavy atom.